The Morgan fingerprint density at radius 1 is 1.08 bits per heavy atom. The van der Waals surface area contributed by atoms with Crippen LogP contribution in [0.25, 0.3) is 0 Å². The van der Waals surface area contributed by atoms with Crippen LogP contribution in [0.2, 0.25) is 0 Å². The third-order valence-corrected chi connectivity index (χ3v) is 5.90. The molecule has 0 radical (unpaired) electrons. The zero-order chi connectivity index (χ0) is 18.4. The smallest absolute Gasteiger partial charge is 0.251 e. The van der Waals surface area contributed by atoms with Gasteiger partial charge >= 0.3 is 0 Å². The Morgan fingerprint density at radius 3 is 2.32 bits per heavy atom. The molecule has 7 heteroatoms. The summed E-state index contributed by atoms with van der Waals surface area (Å²) >= 11 is 3.48. The molecule has 0 aliphatic carbocycles. The van der Waals surface area contributed by atoms with Gasteiger partial charge in [0, 0.05) is 22.6 Å². The van der Waals surface area contributed by atoms with E-state index in [1.54, 1.807) is 13.8 Å². The molecule has 0 atom stereocenters. The summed E-state index contributed by atoms with van der Waals surface area (Å²) < 4.78 is 27.7. The standard InChI is InChI=1S/C18H21BrN2O3S/c1-13(2)21-25(23,24)16-9-7-15(8-10-16)18(22)20-12-11-14-5-3-4-6-17(14)19/h3-10,13,21H,11-12H2,1-2H3,(H,20,22). The number of nitrogens with one attached hydrogen (secondary N) is 2. The van der Waals surface area contributed by atoms with Crippen molar-refractivity contribution < 1.29 is 13.2 Å². The molecule has 5 nitrogen and oxygen atoms in total. The lowest BCUT2D eigenvalue weighted by molar-refractivity contribution is 0.0954. The van der Waals surface area contributed by atoms with Crippen molar-refractivity contribution >= 4 is 31.9 Å². The lowest BCUT2D eigenvalue weighted by atomic mass is 10.1. The van der Waals surface area contributed by atoms with Crippen molar-refractivity contribution in [2.24, 2.45) is 0 Å². The maximum absolute atomic E-state index is 12.2. The van der Waals surface area contributed by atoms with Gasteiger partial charge in [-0.25, -0.2) is 13.1 Å². The maximum Gasteiger partial charge on any atom is 0.251 e. The van der Waals surface area contributed by atoms with Gasteiger partial charge in [-0.3, -0.25) is 4.79 Å². The molecule has 2 rings (SSSR count). The predicted molar refractivity (Wildman–Crippen MR) is 102 cm³/mol. The van der Waals surface area contributed by atoms with E-state index in [4.69, 9.17) is 0 Å². The molecule has 0 unspecified atom stereocenters. The highest BCUT2D eigenvalue weighted by Gasteiger charge is 2.16. The highest BCUT2D eigenvalue weighted by molar-refractivity contribution is 9.10. The largest absolute Gasteiger partial charge is 0.352 e. The molecule has 0 aliphatic heterocycles. The van der Waals surface area contributed by atoms with E-state index in [9.17, 15) is 13.2 Å². The predicted octanol–water partition coefficient (Wildman–Crippen LogP) is 3.11. The lowest BCUT2D eigenvalue weighted by Crippen LogP contribution is -2.30. The van der Waals surface area contributed by atoms with E-state index in [0.29, 0.717) is 18.5 Å². The van der Waals surface area contributed by atoms with Crippen molar-refractivity contribution in [3.8, 4) is 0 Å². The minimum Gasteiger partial charge on any atom is -0.352 e. The number of hydrogen-bond acceptors (Lipinski definition) is 3. The summed E-state index contributed by atoms with van der Waals surface area (Å²) in [5, 5.41) is 2.84. The van der Waals surface area contributed by atoms with E-state index in [1.807, 2.05) is 24.3 Å². The molecule has 2 aromatic carbocycles. The van der Waals surface area contributed by atoms with Crippen molar-refractivity contribution in [2.75, 3.05) is 6.54 Å². The topological polar surface area (TPSA) is 75.3 Å². The van der Waals surface area contributed by atoms with Gasteiger partial charge in [0.2, 0.25) is 10.0 Å². The van der Waals surface area contributed by atoms with Crippen LogP contribution in [0.4, 0.5) is 0 Å². The number of rotatable bonds is 7. The Balaban J connectivity index is 1.95. The number of carbonyl (C=O) groups is 1. The summed E-state index contributed by atoms with van der Waals surface area (Å²) in [7, 11) is -3.55. The number of hydrogen-bond donors (Lipinski definition) is 2. The molecule has 0 heterocycles. The molecule has 0 aliphatic rings. The van der Waals surface area contributed by atoms with Gasteiger partial charge in [-0.05, 0) is 56.2 Å². The van der Waals surface area contributed by atoms with Crippen LogP contribution in [0.3, 0.4) is 0 Å². The van der Waals surface area contributed by atoms with Crippen molar-refractivity contribution in [1.82, 2.24) is 10.0 Å². The van der Waals surface area contributed by atoms with E-state index in [0.717, 1.165) is 10.0 Å². The van der Waals surface area contributed by atoms with Crippen LogP contribution in [0.15, 0.2) is 57.9 Å². The number of carbonyl (C=O) groups excluding carboxylic acids is 1. The summed E-state index contributed by atoms with van der Waals surface area (Å²) in [5.41, 5.74) is 1.54. The number of halogens is 1. The highest BCUT2D eigenvalue weighted by atomic mass is 79.9. The first-order valence-electron chi connectivity index (χ1n) is 7.93. The molecular weight excluding hydrogens is 404 g/mol. The van der Waals surface area contributed by atoms with Crippen molar-refractivity contribution in [3.05, 3.63) is 64.1 Å². The van der Waals surface area contributed by atoms with E-state index < -0.39 is 10.0 Å². The molecule has 134 valence electrons. The Bertz CT molecular complexity index is 834. The van der Waals surface area contributed by atoms with Crippen molar-refractivity contribution in [3.63, 3.8) is 0 Å². The number of benzene rings is 2. The van der Waals surface area contributed by atoms with Gasteiger partial charge in [0.15, 0.2) is 0 Å². The van der Waals surface area contributed by atoms with Crippen LogP contribution < -0.4 is 10.0 Å². The van der Waals surface area contributed by atoms with E-state index >= 15 is 0 Å². The van der Waals surface area contributed by atoms with Crippen LogP contribution in [-0.2, 0) is 16.4 Å². The van der Waals surface area contributed by atoms with E-state index in [1.165, 1.54) is 24.3 Å². The van der Waals surface area contributed by atoms with Crippen LogP contribution in [0.1, 0.15) is 29.8 Å². The minimum atomic E-state index is -3.55. The van der Waals surface area contributed by atoms with Crippen LogP contribution >= 0.6 is 15.9 Å². The number of amides is 1. The first-order chi connectivity index (χ1) is 11.8. The molecule has 0 bridgehead atoms. The zero-order valence-electron chi connectivity index (χ0n) is 14.1. The summed E-state index contributed by atoms with van der Waals surface area (Å²) in [4.78, 5) is 12.3. The molecule has 0 aromatic heterocycles. The average molecular weight is 425 g/mol. The molecule has 0 saturated heterocycles. The SMILES string of the molecule is CC(C)NS(=O)(=O)c1ccc(C(=O)NCCc2ccccc2Br)cc1. The molecule has 0 spiro atoms. The van der Waals surface area contributed by atoms with E-state index in [2.05, 4.69) is 26.0 Å². The Labute approximate surface area is 157 Å². The zero-order valence-corrected chi connectivity index (χ0v) is 16.5. The van der Waals surface area contributed by atoms with Gasteiger partial charge < -0.3 is 5.32 Å². The second kappa shape index (κ2) is 8.60. The fourth-order valence-corrected chi connectivity index (χ4v) is 4.01. The average Bonchev–Trinajstić information content (AvgIpc) is 2.55. The second-order valence-electron chi connectivity index (χ2n) is 5.90. The summed E-state index contributed by atoms with van der Waals surface area (Å²) in [6.45, 7) is 4.01. The van der Waals surface area contributed by atoms with Gasteiger partial charge in [0.05, 0.1) is 4.90 Å². The molecule has 2 aromatic rings. The van der Waals surface area contributed by atoms with Crippen LogP contribution in [0.5, 0.6) is 0 Å². The quantitative estimate of drug-likeness (QED) is 0.716. The third-order valence-electron chi connectivity index (χ3n) is 3.46. The molecule has 2 N–H and O–H groups in total. The van der Waals surface area contributed by atoms with Gasteiger partial charge in [-0.15, -0.1) is 0 Å². The van der Waals surface area contributed by atoms with Crippen LogP contribution in [-0.4, -0.2) is 26.9 Å². The van der Waals surface area contributed by atoms with Gasteiger partial charge in [0.25, 0.3) is 5.91 Å². The third kappa shape index (κ3) is 5.66. The summed E-state index contributed by atoms with van der Waals surface area (Å²) in [5.74, 6) is -0.229. The normalized spacial score (nSPS) is 11.5. The van der Waals surface area contributed by atoms with Crippen molar-refractivity contribution in [1.29, 1.82) is 0 Å². The summed E-state index contributed by atoms with van der Waals surface area (Å²) in [6, 6.07) is 13.6. The highest BCUT2D eigenvalue weighted by Crippen LogP contribution is 2.16. The fraction of sp³-hybridized carbons (Fsp3) is 0.278. The Morgan fingerprint density at radius 2 is 1.72 bits per heavy atom. The second-order valence-corrected chi connectivity index (χ2v) is 8.47. The molecule has 25 heavy (non-hydrogen) atoms. The fourth-order valence-electron chi connectivity index (χ4n) is 2.28. The van der Waals surface area contributed by atoms with Crippen molar-refractivity contribution in [2.45, 2.75) is 31.2 Å². The van der Waals surface area contributed by atoms with Gasteiger partial charge in [-0.1, -0.05) is 34.1 Å². The van der Waals surface area contributed by atoms with Gasteiger partial charge in [-0.2, -0.15) is 0 Å². The van der Waals surface area contributed by atoms with Gasteiger partial charge in [0.1, 0.15) is 0 Å². The molecule has 0 fully saturated rings. The number of sulfonamides is 1. The Hall–Kier alpha value is -1.70. The van der Waals surface area contributed by atoms with E-state index in [-0.39, 0.29) is 16.8 Å². The van der Waals surface area contributed by atoms with Crippen LogP contribution in [0, 0.1) is 0 Å². The summed E-state index contributed by atoms with van der Waals surface area (Å²) in [6.07, 6.45) is 0.706. The monoisotopic (exact) mass is 424 g/mol. The lowest BCUT2D eigenvalue weighted by Gasteiger charge is -2.10. The Kier molecular flexibility index (Phi) is 6.75. The molecule has 0 saturated carbocycles. The first kappa shape index (κ1) is 19.6. The molecular formula is C18H21BrN2O3S. The minimum absolute atomic E-state index is 0.144. The molecule has 1 amide bonds. The first-order valence-corrected chi connectivity index (χ1v) is 10.2. The maximum atomic E-state index is 12.2.